The molecule has 1 amide bonds. The Kier molecular flexibility index (Phi) is 4.72. The highest BCUT2D eigenvalue weighted by Crippen LogP contribution is 2.24. The van der Waals surface area contributed by atoms with Crippen LogP contribution in [0.5, 0.6) is 0 Å². The van der Waals surface area contributed by atoms with Gasteiger partial charge in [-0.05, 0) is 34.8 Å². The predicted octanol–water partition coefficient (Wildman–Crippen LogP) is 2.39. The molecule has 1 aliphatic carbocycles. The maximum atomic E-state index is 12.2. The van der Waals surface area contributed by atoms with Gasteiger partial charge in [-0.25, -0.2) is 0 Å². The van der Waals surface area contributed by atoms with Crippen LogP contribution in [-0.4, -0.2) is 28.1 Å². The molecule has 0 spiro atoms. The Hall–Kier alpha value is -1.47. The van der Waals surface area contributed by atoms with E-state index < -0.39 is 16.9 Å². The first kappa shape index (κ1) is 14.9. The second-order valence-electron chi connectivity index (χ2n) is 4.85. The lowest BCUT2D eigenvalue weighted by molar-refractivity contribution is -0.384. The van der Waals surface area contributed by atoms with E-state index in [9.17, 15) is 20.0 Å². The van der Waals surface area contributed by atoms with Crippen molar-refractivity contribution in [2.24, 2.45) is 0 Å². The van der Waals surface area contributed by atoms with E-state index in [-0.39, 0.29) is 17.3 Å². The maximum absolute atomic E-state index is 12.2. The smallest absolute Gasteiger partial charge is 0.270 e. The van der Waals surface area contributed by atoms with Gasteiger partial charge in [-0.1, -0.05) is 12.8 Å². The predicted molar refractivity (Wildman–Crippen MR) is 76.5 cm³/mol. The highest BCUT2D eigenvalue weighted by Gasteiger charge is 2.26. The maximum Gasteiger partial charge on any atom is 0.270 e. The van der Waals surface area contributed by atoms with Crippen molar-refractivity contribution in [3.8, 4) is 0 Å². The lowest BCUT2D eigenvalue weighted by atomic mass is 9.92. The number of hydrogen-bond acceptors (Lipinski definition) is 4. The number of halogens is 1. The molecule has 1 saturated carbocycles. The highest BCUT2D eigenvalue weighted by atomic mass is 79.9. The van der Waals surface area contributed by atoms with Gasteiger partial charge in [0.05, 0.1) is 22.6 Å². The number of nitro groups is 1. The number of amides is 1. The summed E-state index contributed by atoms with van der Waals surface area (Å²) in [5.41, 5.74) is 0.0690. The summed E-state index contributed by atoms with van der Waals surface area (Å²) >= 11 is 3.21. The lowest BCUT2D eigenvalue weighted by Crippen LogP contribution is -2.45. The largest absolute Gasteiger partial charge is 0.391 e. The number of aliphatic hydroxyl groups is 1. The van der Waals surface area contributed by atoms with Crippen molar-refractivity contribution in [3.05, 3.63) is 38.3 Å². The molecule has 1 aliphatic rings. The number of carbonyl (C=O) groups excluding carboxylic acids is 1. The first-order valence-electron chi connectivity index (χ1n) is 6.42. The van der Waals surface area contributed by atoms with Gasteiger partial charge < -0.3 is 10.4 Å². The van der Waals surface area contributed by atoms with Crippen molar-refractivity contribution in [1.29, 1.82) is 0 Å². The zero-order valence-corrected chi connectivity index (χ0v) is 12.3. The third-order valence-electron chi connectivity index (χ3n) is 3.45. The minimum Gasteiger partial charge on any atom is -0.391 e. The summed E-state index contributed by atoms with van der Waals surface area (Å²) in [5, 5.41) is 23.3. The summed E-state index contributed by atoms with van der Waals surface area (Å²) in [6, 6.07) is 3.75. The van der Waals surface area contributed by atoms with Crippen molar-refractivity contribution in [2.45, 2.75) is 37.8 Å². The van der Waals surface area contributed by atoms with Gasteiger partial charge in [0.25, 0.3) is 11.6 Å². The number of nitro benzene ring substituents is 1. The van der Waals surface area contributed by atoms with Crippen LogP contribution in [-0.2, 0) is 0 Å². The Balaban J connectivity index is 2.16. The quantitative estimate of drug-likeness (QED) is 0.651. The molecule has 6 nitrogen and oxygen atoms in total. The molecule has 108 valence electrons. The lowest BCUT2D eigenvalue weighted by Gasteiger charge is -2.28. The Morgan fingerprint density at radius 2 is 2.10 bits per heavy atom. The van der Waals surface area contributed by atoms with E-state index in [1.807, 2.05) is 0 Å². The van der Waals surface area contributed by atoms with Crippen LogP contribution >= 0.6 is 15.9 Å². The molecule has 0 aliphatic heterocycles. The molecule has 2 rings (SSSR count). The van der Waals surface area contributed by atoms with E-state index >= 15 is 0 Å². The second-order valence-corrected chi connectivity index (χ2v) is 5.71. The van der Waals surface area contributed by atoms with Crippen LogP contribution in [0, 0.1) is 10.1 Å². The molecular formula is C13H15BrN2O4. The summed E-state index contributed by atoms with van der Waals surface area (Å²) in [4.78, 5) is 22.4. The Morgan fingerprint density at radius 3 is 2.75 bits per heavy atom. The number of nitrogens with one attached hydrogen (secondary N) is 1. The molecule has 0 aromatic heterocycles. The number of benzene rings is 1. The fourth-order valence-corrected chi connectivity index (χ4v) is 2.75. The van der Waals surface area contributed by atoms with E-state index in [2.05, 4.69) is 21.2 Å². The van der Waals surface area contributed by atoms with Gasteiger partial charge in [0.1, 0.15) is 0 Å². The average Bonchev–Trinajstić information content (AvgIpc) is 2.41. The van der Waals surface area contributed by atoms with E-state index in [0.717, 1.165) is 19.3 Å². The summed E-state index contributed by atoms with van der Waals surface area (Å²) in [6.45, 7) is 0. The average molecular weight is 343 g/mol. The van der Waals surface area contributed by atoms with Crippen LogP contribution in [0.3, 0.4) is 0 Å². The normalized spacial score (nSPS) is 22.3. The van der Waals surface area contributed by atoms with Crippen molar-refractivity contribution in [2.75, 3.05) is 0 Å². The minimum absolute atomic E-state index is 0.137. The standard InChI is InChI=1S/C13H15BrN2O4/c14-10-6-5-8(16(19)20)7-9(10)13(18)15-11-3-1-2-4-12(11)17/h5-7,11-12,17H,1-4H2,(H,15,18)/t11-,12-/m0/s1. The zero-order chi connectivity index (χ0) is 14.7. The van der Waals surface area contributed by atoms with Crippen molar-refractivity contribution in [1.82, 2.24) is 5.32 Å². The zero-order valence-electron chi connectivity index (χ0n) is 10.7. The highest BCUT2D eigenvalue weighted by molar-refractivity contribution is 9.10. The van der Waals surface area contributed by atoms with Gasteiger partial charge in [-0.3, -0.25) is 14.9 Å². The number of aliphatic hydroxyl groups excluding tert-OH is 1. The SMILES string of the molecule is O=C(N[C@H]1CCCC[C@@H]1O)c1cc([N+](=O)[O-])ccc1Br. The first-order chi connectivity index (χ1) is 9.49. The van der Waals surface area contributed by atoms with Gasteiger partial charge in [-0.15, -0.1) is 0 Å². The molecule has 2 atom stereocenters. The van der Waals surface area contributed by atoms with Crippen LogP contribution in [0.1, 0.15) is 36.0 Å². The molecule has 0 unspecified atom stereocenters. The molecule has 0 saturated heterocycles. The number of non-ortho nitro benzene ring substituents is 1. The van der Waals surface area contributed by atoms with Gasteiger partial charge in [0.15, 0.2) is 0 Å². The molecular weight excluding hydrogens is 328 g/mol. The fourth-order valence-electron chi connectivity index (χ4n) is 2.33. The van der Waals surface area contributed by atoms with Crippen LogP contribution in [0.15, 0.2) is 22.7 Å². The number of nitrogens with zero attached hydrogens (tertiary/aromatic N) is 1. The van der Waals surface area contributed by atoms with E-state index in [4.69, 9.17) is 0 Å². The molecule has 0 heterocycles. The van der Waals surface area contributed by atoms with Crippen molar-refractivity contribution >= 4 is 27.5 Å². The Bertz CT molecular complexity index is 535. The molecule has 2 N–H and O–H groups in total. The van der Waals surface area contributed by atoms with E-state index in [0.29, 0.717) is 10.9 Å². The Labute approximate surface area is 124 Å². The van der Waals surface area contributed by atoms with Gasteiger partial charge in [0, 0.05) is 16.6 Å². The molecule has 1 aromatic rings. The van der Waals surface area contributed by atoms with Crippen molar-refractivity contribution in [3.63, 3.8) is 0 Å². The van der Waals surface area contributed by atoms with Crippen LogP contribution in [0.25, 0.3) is 0 Å². The summed E-state index contributed by atoms with van der Waals surface area (Å²) in [6.07, 6.45) is 2.75. The summed E-state index contributed by atoms with van der Waals surface area (Å²) in [7, 11) is 0. The van der Waals surface area contributed by atoms with E-state index in [1.54, 1.807) is 0 Å². The first-order valence-corrected chi connectivity index (χ1v) is 7.21. The fraction of sp³-hybridized carbons (Fsp3) is 0.462. The van der Waals surface area contributed by atoms with Gasteiger partial charge in [-0.2, -0.15) is 0 Å². The Morgan fingerprint density at radius 1 is 1.40 bits per heavy atom. The molecule has 0 bridgehead atoms. The van der Waals surface area contributed by atoms with Crippen LogP contribution < -0.4 is 5.32 Å². The third-order valence-corrected chi connectivity index (χ3v) is 4.14. The van der Waals surface area contributed by atoms with Crippen LogP contribution in [0.2, 0.25) is 0 Å². The van der Waals surface area contributed by atoms with Crippen LogP contribution in [0.4, 0.5) is 5.69 Å². The molecule has 0 radical (unpaired) electrons. The molecule has 1 aromatic carbocycles. The van der Waals surface area contributed by atoms with Gasteiger partial charge >= 0.3 is 0 Å². The summed E-state index contributed by atoms with van der Waals surface area (Å²) in [5.74, 6) is -0.411. The molecule has 20 heavy (non-hydrogen) atoms. The molecule has 7 heteroatoms. The second kappa shape index (κ2) is 6.32. The third kappa shape index (κ3) is 3.34. The summed E-state index contributed by atoms with van der Waals surface area (Å²) < 4.78 is 0.492. The number of hydrogen-bond donors (Lipinski definition) is 2. The molecule has 1 fully saturated rings. The van der Waals surface area contributed by atoms with E-state index in [1.165, 1.54) is 18.2 Å². The van der Waals surface area contributed by atoms with Gasteiger partial charge in [0.2, 0.25) is 0 Å². The van der Waals surface area contributed by atoms with Crippen molar-refractivity contribution < 1.29 is 14.8 Å². The number of rotatable bonds is 3. The minimum atomic E-state index is -0.551. The monoisotopic (exact) mass is 342 g/mol. The number of carbonyl (C=O) groups is 1. The topological polar surface area (TPSA) is 92.5 Å².